The number of amides is 1. The lowest BCUT2D eigenvalue weighted by Crippen LogP contribution is -2.56. The Morgan fingerprint density at radius 1 is 1.30 bits per heavy atom. The minimum Gasteiger partial charge on any atom is -0.378 e. The predicted octanol–water partition coefficient (Wildman–Crippen LogP) is 1.33. The molecule has 1 unspecified atom stereocenters. The van der Waals surface area contributed by atoms with Gasteiger partial charge in [0.25, 0.3) is 6.43 Å². The fraction of sp³-hybridized carbons (Fsp3) is 0.938. The van der Waals surface area contributed by atoms with Crippen LogP contribution in [-0.2, 0) is 9.53 Å². The Balaban J connectivity index is 1.77. The van der Waals surface area contributed by atoms with E-state index >= 15 is 0 Å². The summed E-state index contributed by atoms with van der Waals surface area (Å²) in [7, 11) is 0. The number of ether oxygens (including phenoxy) is 1. The molecular weight excluding hydrogens is 304 g/mol. The zero-order valence-electron chi connectivity index (χ0n) is 14.0. The Morgan fingerprint density at radius 2 is 2.04 bits per heavy atom. The van der Waals surface area contributed by atoms with Gasteiger partial charge in [-0.05, 0) is 25.8 Å². The molecule has 2 fully saturated rings. The lowest BCUT2D eigenvalue weighted by molar-refractivity contribution is -0.133. The van der Waals surface area contributed by atoms with E-state index in [1.54, 1.807) is 4.90 Å². The molecule has 2 saturated heterocycles. The SMILES string of the molecule is CCCCN1CCOCC1C(=O)NC1CCN(CC(F)F)CC1. The molecule has 2 rings (SSSR count). The van der Waals surface area contributed by atoms with Crippen LogP contribution < -0.4 is 5.32 Å². The summed E-state index contributed by atoms with van der Waals surface area (Å²) in [5.41, 5.74) is 0. The summed E-state index contributed by atoms with van der Waals surface area (Å²) in [6.07, 6.45) is 1.37. The van der Waals surface area contributed by atoms with Gasteiger partial charge in [0.1, 0.15) is 6.04 Å². The van der Waals surface area contributed by atoms with Gasteiger partial charge < -0.3 is 10.1 Å². The number of carbonyl (C=O) groups is 1. The van der Waals surface area contributed by atoms with Crippen LogP contribution in [0.3, 0.4) is 0 Å². The Morgan fingerprint density at radius 3 is 2.70 bits per heavy atom. The maximum atomic E-state index is 12.5. The average molecular weight is 333 g/mol. The van der Waals surface area contributed by atoms with Crippen molar-refractivity contribution in [1.29, 1.82) is 0 Å². The normalized spacial score (nSPS) is 25.0. The van der Waals surface area contributed by atoms with E-state index in [0.29, 0.717) is 26.3 Å². The number of hydrogen-bond acceptors (Lipinski definition) is 4. The second kappa shape index (κ2) is 9.49. The van der Waals surface area contributed by atoms with Gasteiger partial charge in [-0.15, -0.1) is 0 Å². The Kier molecular flexibility index (Phi) is 7.65. The van der Waals surface area contributed by atoms with Gasteiger partial charge >= 0.3 is 0 Å². The number of carbonyl (C=O) groups excluding carboxylic acids is 1. The topological polar surface area (TPSA) is 44.8 Å². The fourth-order valence-electron chi connectivity index (χ4n) is 3.26. The summed E-state index contributed by atoms with van der Waals surface area (Å²) in [6.45, 7) is 6.06. The molecule has 23 heavy (non-hydrogen) atoms. The first-order valence-corrected chi connectivity index (χ1v) is 8.72. The van der Waals surface area contributed by atoms with E-state index in [-0.39, 0.29) is 24.5 Å². The number of hydrogen-bond donors (Lipinski definition) is 1. The first-order valence-electron chi connectivity index (χ1n) is 8.72. The number of piperidine rings is 1. The highest BCUT2D eigenvalue weighted by Crippen LogP contribution is 2.14. The number of likely N-dealkylation sites (tertiary alicyclic amines) is 1. The second-order valence-corrected chi connectivity index (χ2v) is 6.45. The zero-order chi connectivity index (χ0) is 16.7. The molecule has 0 saturated carbocycles. The molecule has 0 aromatic carbocycles. The van der Waals surface area contributed by atoms with Crippen molar-refractivity contribution in [2.24, 2.45) is 0 Å². The number of rotatable bonds is 7. The maximum Gasteiger partial charge on any atom is 0.251 e. The van der Waals surface area contributed by atoms with E-state index in [4.69, 9.17) is 4.74 Å². The van der Waals surface area contributed by atoms with Crippen molar-refractivity contribution in [3.63, 3.8) is 0 Å². The van der Waals surface area contributed by atoms with Crippen LogP contribution in [0.2, 0.25) is 0 Å². The predicted molar refractivity (Wildman–Crippen MR) is 84.7 cm³/mol. The van der Waals surface area contributed by atoms with Crippen LogP contribution in [0.5, 0.6) is 0 Å². The monoisotopic (exact) mass is 333 g/mol. The quantitative estimate of drug-likeness (QED) is 0.764. The number of unbranched alkanes of at least 4 members (excludes halogenated alkanes) is 1. The molecule has 0 aromatic heterocycles. The molecule has 1 amide bonds. The van der Waals surface area contributed by atoms with Crippen LogP contribution in [0.4, 0.5) is 8.78 Å². The minimum absolute atomic E-state index is 0.0214. The van der Waals surface area contributed by atoms with Crippen molar-refractivity contribution in [2.45, 2.75) is 51.1 Å². The lowest BCUT2D eigenvalue weighted by atomic mass is 10.0. The molecule has 7 heteroatoms. The molecule has 0 radical (unpaired) electrons. The molecule has 1 atom stereocenters. The maximum absolute atomic E-state index is 12.5. The highest BCUT2D eigenvalue weighted by atomic mass is 19.3. The Hall–Kier alpha value is -0.790. The number of alkyl halides is 2. The lowest BCUT2D eigenvalue weighted by Gasteiger charge is -2.37. The molecular formula is C16H29F2N3O2. The summed E-state index contributed by atoms with van der Waals surface area (Å²) in [5.74, 6) is 0.0214. The van der Waals surface area contributed by atoms with Crippen molar-refractivity contribution < 1.29 is 18.3 Å². The molecule has 134 valence electrons. The molecule has 0 bridgehead atoms. The molecule has 5 nitrogen and oxygen atoms in total. The minimum atomic E-state index is -2.28. The summed E-state index contributed by atoms with van der Waals surface area (Å²) >= 11 is 0. The fourth-order valence-corrected chi connectivity index (χ4v) is 3.26. The standard InChI is InChI=1S/C16H29F2N3O2/c1-2-3-6-21-9-10-23-12-14(21)16(22)19-13-4-7-20(8-5-13)11-15(17)18/h13-15H,2-12H2,1H3,(H,19,22). The number of nitrogens with one attached hydrogen (secondary N) is 1. The average Bonchev–Trinajstić information content (AvgIpc) is 2.54. The van der Waals surface area contributed by atoms with E-state index in [2.05, 4.69) is 17.1 Å². The Bertz CT molecular complexity index is 363. The summed E-state index contributed by atoms with van der Waals surface area (Å²) < 4.78 is 30.2. The summed E-state index contributed by atoms with van der Waals surface area (Å²) in [4.78, 5) is 16.5. The molecule has 2 aliphatic rings. The van der Waals surface area contributed by atoms with Crippen molar-refractivity contribution in [1.82, 2.24) is 15.1 Å². The van der Waals surface area contributed by atoms with E-state index < -0.39 is 6.43 Å². The van der Waals surface area contributed by atoms with Crippen LogP contribution in [0.15, 0.2) is 0 Å². The Labute approximate surface area is 137 Å². The first-order chi connectivity index (χ1) is 11.1. The second-order valence-electron chi connectivity index (χ2n) is 6.45. The molecule has 0 aliphatic carbocycles. The summed E-state index contributed by atoms with van der Waals surface area (Å²) in [6, 6.07) is -0.124. The highest BCUT2D eigenvalue weighted by molar-refractivity contribution is 5.82. The molecule has 2 heterocycles. The largest absolute Gasteiger partial charge is 0.378 e. The van der Waals surface area contributed by atoms with E-state index in [9.17, 15) is 13.6 Å². The van der Waals surface area contributed by atoms with Crippen LogP contribution >= 0.6 is 0 Å². The van der Waals surface area contributed by atoms with Crippen molar-refractivity contribution in [2.75, 3.05) is 45.9 Å². The van der Waals surface area contributed by atoms with Crippen LogP contribution in [-0.4, -0.2) is 80.2 Å². The van der Waals surface area contributed by atoms with Gasteiger partial charge in [0.2, 0.25) is 5.91 Å². The van der Waals surface area contributed by atoms with E-state index in [0.717, 1.165) is 38.8 Å². The molecule has 1 N–H and O–H groups in total. The van der Waals surface area contributed by atoms with E-state index in [1.807, 2.05) is 0 Å². The van der Waals surface area contributed by atoms with Gasteiger partial charge in [-0.2, -0.15) is 0 Å². The van der Waals surface area contributed by atoms with Crippen molar-refractivity contribution in [3.8, 4) is 0 Å². The van der Waals surface area contributed by atoms with Crippen LogP contribution in [0.1, 0.15) is 32.6 Å². The van der Waals surface area contributed by atoms with Crippen LogP contribution in [0.25, 0.3) is 0 Å². The third-order valence-electron chi connectivity index (χ3n) is 4.67. The van der Waals surface area contributed by atoms with Gasteiger partial charge in [0.05, 0.1) is 19.8 Å². The molecule has 0 aromatic rings. The number of morpholine rings is 1. The first kappa shape index (κ1) is 18.5. The number of nitrogens with zero attached hydrogens (tertiary/aromatic N) is 2. The van der Waals surface area contributed by atoms with Gasteiger partial charge in [0, 0.05) is 25.7 Å². The molecule has 0 spiro atoms. The smallest absolute Gasteiger partial charge is 0.251 e. The van der Waals surface area contributed by atoms with Gasteiger partial charge in [-0.1, -0.05) is 13.3 Å². The molecule has 2 aliphatic heterocycles. The third kappa shape index (κ3) is 5.97. The third-order valence-corrected chi connectivity index (χ3v) is 4.67. The summed E-state index contributed by atoms with van der Waals surface area (Å²) in [5, 5.41) is 3.09. The van der Waals surface area contributed by atoms with Gasteiger partial charge in [-0.25, -0.2) is 8.78 Å². The zero-order valence-corrected chi connectivity index (χ0v) is 14.0. The highest BCUT2D eigenvalue weighted by Gasteiger charge is 2.31. The van der Waals surface area contributed by atoms with Gasteiger partial charge in [-0.3, -0.25) is 14.6 Å². The van der Waals surface area contributed by atoms with Crippen LogP contribution in [0, 0.1) is 0 Å². The van der Waals surface area contributed by atoms with Crippen molar-refractivity contribution in [3.05, 3.63) is 0 Å². The van der Waals surface area contributed by atoms with Crippen molar-refractivity contribution >= 4 is 5.91 Å². The van der Waals surface area contributed by atoms with E-state index in [1.165, 1.54) is 0 Å². The number of halogens is 2. The van der Waals surface area contributed by atoms with Gasteiger partial charge in [0.15, 0.2) is 0 Å².